The van der Waals surface area contributed by atoms with Gasteiger partial charge in [-0.2, -0.15) is 0 Å². The molecule has 1 saturated heterocycles. The summed E-state index contributed by atoms with van der Waals surface area (Å²) in [6, 6.07) is 17.8. The van der Waals surface area contributed by atoms with Gasteiger partial charge in [-0.3, -0.25) is 0 Å². The summed E-state index contributed by atoms with van der Waals surface area (Å²) in [6.07, 6.45) is 8.88. The van der Waals surface area contributed by atoms with E-state index in [1.54, 1.807) is 0 Å². The van der Waals surface area contributed by atoms with Gasteiger partial charge in [0.05, 0.1) is 0 Å². The van der Waals surface area contributed by atoms with E-state index in [2.05, 4.69) is 59.5 Å². The summed E-state index contributed by atoms with van der Waals surface area (Å²) in [6.45, 7) is 2.46. The van der Waals surface area contributed by atoms with Crippen LogP contribution in [-0.4, -0.2) is 18.0 Å². The minimum atomic E-state index is 1.17. The van der Waals surface area contributed by atoms with E-state index in [0.29, 0.717) is 0 Å². The lowest BCUT2D eigenvalue weighted by Crippen LogP contribution is -2.29. The summed E-state index contributed by atoms with van der Waals surface area (Å²) in [5, 5.41) is 0. The lowest BCUT2D eigenvalue weighted by atomic mass is 9.90. The summed E-state index contributed by atoms with van der Waals surface area (Å²) in [4.78, 5) is 2.60. The highest BCUT2D eigenvalue weighted by Gasteiger charge is 2.20. The molecule has 0 aromatic heterocycles. The number of aryl methyl sites for hydroxylation is 1. The van der Waals surface area contributed by atoms with Gasteiger partial charge in [0.25, 0.3) is 0 Å². The Morgan fingerprint density at radius 3 is 2.41 bits per heavy atom. The molecule has 2 aromatic carbocycles. The van der Waals surface area contributed by atoms with Crippen molar-refractivity contribution < 1.29 is 0 Å². The fraction of sp³-hybridized carbons (Fsp3) is 0.333. The second-order valence-corrected chi connectivity index (χ2v) is 6.41. The highest BCUT2D eigenvalue weighted by Crippen LogP contribution is 2.33. The van der Waals surface area contributed by atoms with E-state index in [1.807, 2.05) is 0 Å². The van der Waals surface area contributed by atoms with E-state index in [9.17, 15) is 0 Å². The SMILES string of the molecule is C1=C(N2CCCCC2)c2ccc(-c3ccccc3)cc2CC1. The maximum atomic E-state index is 2.60. The highest BCUT2D eigenvalue weighted by molar-refractivity contribution is 5.74. The van der Waals surface area contributed by atoms with Gasteiger partial charge >= 0.3 is 0 Å². The Balaban J connectivity index is 1.68. The molecule has 2 aromatic rings. The fourth-order valence-electron chi connectivity index (χ4n) is 3.77. The number of piperidine rings is 1. The second kappa shape index (κ2) is 6.00. The van der Waals surface area contributed by atoms with Gasteiger partial charge in [0.2, 0.25) is 0 Å². The van der Waals surface area contributed by atoms with Crippen LogP contribution in [0, 0.1) is 0 Å². The van der Waals surface area contributed by atoms with E-state index in [0.717, 1.165) is 0 Å². The van der Waals surface area contributed by atoms with Gasteiger partial charge in [0, 0.05) is 24.4 Å². The van der Waals surface area contributed by atoms with Gasteiger partial charge in [-0.15, -0.1) is 0 Å². The van der Waals surface area contributed by atoms with Gasteiger partial charge in [-0.1, -0.05) is 54.6 Å². The van der Waals surface area contributed by atoms with Crippen molar-refractivity contribution in [2.24, 2.45) is 0 Å². The molecule has 0 N–H and O–H groups in total. The lowest BCUT2D eigenvalue weighted by molar-refractivity contribution is 0.324. The van der Waals surface area contributed by atoms with Gasteiger partial charge in [0.15, 0.2) is 0 Å². The average molecular weight is 289 g/mol. The van der Waals surface area contributed by atoms with Gasteiger partial charge in [0.1, 0.15) is 0 Å². The lowest BCUT2D eigenvalue weighted by Gasteiger charge is -2.34. The minimum Gasteiger partial charge on any atom is -0.371 e. The molecule has 22 heavy (non-hydrogen) atoms. The van der Waals surface area contributed by atoms with Crippen molar-refractivity contribution in [1.82, 2.24) is 4.90 Å². The van der Waals surface area contributed by atoms with Crippen LogP contribution in [0.4, 0.5) is 0 Å². The molecule has 1 nitrogen and oxygen atoms in total. The van der Waals surface area contributed by atoms with Gasteiger partial charge in [-0.25, -0.2) is 0 Å². The third-order valence-electron chi connectivity index (χ3n) is 4.94. The largest absolute Gasteiger partial charge is 0.371 e. The van der Waals surface area contributed by atoms with Crippen molar-refractivity contribution in [3.63, 3.8) is 0 Å². The molecular formula is C21H23N. The van der Waals surface area contributed by atoms with Crippen molar-refractivity contribution in [3.05, 3.63) is 65.7 Å². The smallest absolute Gasteiger partial charge is 0.0402 e. The maximum Gasteiger partial charge on any atom is 0.0402 e. The molecule has 1 heterocycles. The fourth-order valence-corrected chi connectivity index (χ4v) is 3.77. The summed E-state index contributed by atoms with van der Waals surface area (Å²) in [5.74, 6) is 0. The Hall–Kier alpha value is -2.02. The van der Waals surface area contributed by atoms with Crippen LogP contribution in [-0.2, 0) is 6.42 Å². The van der Waals surface area contributed by atoms with Crippen molar-refractivity contribution in [2.45, 2.75) is 32.1 Å². The summed E-state index contributed by atoms with van der Waals surface area (Å²) >= 11 is 0. The molecule has 1 aliphatic carbocycles. The molecule has 0 spiro atoms. The standard InChI is InChI=1S/C21H23N/c1-3-8-17(9-4-1)18-12-13-20-19(16-18)10-7-11-21(20)22-14-5-2-6-15-22/h1,3-4,8-9,11-13,16H,2,5-7,10,14-15H2. The van der Waals surface area contributed by atoms with Crippen LogP contribution in [0.3, 0.4) is 0 Å². The number of likely N-dealkylation sites (tertiary alicyclic amines) is 1. The first kappa shape index (κ1) is 13.6. The van der Waals surface area contributed by atoms with Crippen LogP contribution in [0.15, 0.2) is 54.6 Å². The molecule has 1 heteroatoms. The molecule has 0 saturated carbocycles. The first-order valence-corrected chi connectivity index (χ1v) is 8.56. The van der Waals surface area contributed by atoms with Crippen LogP contribution in [0.2, 0.25) is 0 Å². The average Bonchev–Trinajstić information content (AvgIpc) is 2.62. The zero-order valence-corrected chi connectivity index (χ0v) is 13.1. The zero-order chi connectivity index (χ0) is 14.8. The molecule has 1 aliphatic heterocycles. The van der Waals surface area contributed by atoms with Crippen molar-refractivity contribution >= 4 is 5.70 Å². The Bertz CT molecular complexity index is 678. The zero-order valence-electron chi connectivity index (χ0n) is 13.1. The van der Waals surface area contributed by atoms with Crippen LogP contribution in [0.25, 0.3) is 16.8 Å². The van der Waals surface area contributed by atoms with Gasteiger partial charge < -0.3 is 4.90 Å². The Labute approximate surface area is 133 Å². The molecule has 112 valence electrons. The number of hydrogen-bond donors (Lipinski definition) is 0. The quantitative estimate of drug-likeness (QED) is 0.741. The monoisotopic (exact) mass is 289 g/mol. The maximum absolute atomic E-state index is 2.60. The van der Waals surface area contributed by atoms with Crippen LogP contribution < -0.4 is 0 Å². The number of fused-ring (bicyclic) bond motifs is 1. The molecule has 0 bridgehead atoms. The Kier molecular flexibility index (Phi) is 3.72. The van der Waals surface area contributed by atoms with E-state index >= 15 is 0 Å². The van der Waals surface area contributed by atoms with E-state index in [-0.39, 0.29) is 0 Å². The summed E-state index contributed by atoms with van der Waals surface area (Å²) < 4.78 is 0. The third-order valence-corrected chi connectivity index (χ3v) is 4.94. The van der Waals surface area contributed by atoms with Crippen LogP contribution >= 0.6 is 0 Å². The third kappa shape index (κ3) is 2.56. The molecule has 2 aliphatic rings. The van der Waals surface area contributed by atoms with E-state index < -0.39 is 0 Å². The molecule has 0 amide bonds. The predicted octanol–water partition coefficient (Wildman–Crippen LogP) is 5.13. The van der Waals surface area contributed by atoms with Crippen LogP contribution in [0.1, 0.15) is 36.8 Å². The summed E-state index contributed by atoms with van der Waals surface area (Å²) in [7, 11) is 0. The van der Waals surface area contributed by atoms with Crippen molar-refractivity contribution in [3.8, 4) is 11.1 Å². The second-order valence-electron chi connectivity index (χ2n) is 6.41. The molecular weight excluding hydrogens is 266 g/mol. The number of benzene rings is 2. The molecule has 1 fully saturated rings. The van der Waals surface area contributed by atoms with E-state index in [1.165, 1.54) is 73.1 Å². The van der Waals surface area contributed by atoms with E-state index in [4.69, 9.17) is 0 Å². The first-order chi connectivity index (χ1) is 10.9. The van der Waals surface area contributed by atoms with Crippen LogP contribution in [0.5, 0.6) is 0 Å². The first-order valence-electron chi connectivity index (χ1n) is 8.56. The van der Waals surface area contributed by atoms with Crippen molar-refractivity contribution in [2.75, 3.05) is 13.1 Å². The summed E-state index contributed by atoms with van der Waals surface area (Å²) in [5.41, 5.74) is 7.14. The normalized spacial score (nSPS) is 17.8. The number of hydrogen-bond acceptors (Lipinski definition) is 1. The van der Waals surface area contributed by atoms with Gasteiger partial charge in [-0.05, 0) is 48.8 Å². The molecule has 0 atom stereocenters. The molecule has 0 unspecified atom stereocenters. The highest BCUT2D eigenvalue weighted by atomic mass is 15.1. The predicted molar refractivity (Wildman–Crippen MR) is 93.6 cm³/mol. The Morgan fingerprint density at radius 2 is 1.59 bits per heavy atom. The molecule has 4 rings (SSSR count). The number of nitrogens with zero attached hydrogens (tertiary/aromatic N) is 1. The number of rotatable bonds is 2. The minimum absolute atomic E-state index is 1.17. The molecule has 0 radical (unpaired) electrons. The van der Waals surface area contributed by atoms with Crippen molar-refractivity contribution in [1.29, 1.82) is 0 Å². The topological polar surface area (TPSA) is 3.24 Å². The Morgan fingerprint density at radius 1 is 0.773 bits per heavy atom. The number of allylic oxidation sites excluding steroid dienone is 1.